The van der Waals surface area contributed by atoms with Crippen LogP contribution in [0, 0.1) is 0 Å². The second kappa shape index (κ2) is 9.17. The second-order valence-electron chi connectivity index (χ2n) is 4.71. The molecule has 0 aromatic heterocycles. The summed E-state index contributed by atoms with van der Waals surface area (Å²) in [6, 6.07) is 4.47. The zero-order chi connectivity index (χ0) is 15.7. The van der Waals surface area contributed by atoms with Crippen molar-refractivity contribution in [1.29, 1.82) is 0 Å². The van der Waals surface area contributed by atoms with Crippen molar-refractivity contribution in [2.75, 3.05) is 31.4 Å². The molecule has 0 spiro atoms. The van der Waals surface area contributed by atoms with Crippen molar-refractivity contribution in [2.24, 2.45) is 0 Å². The molecular weight excluding hydrogens is 308 g/mol. The number of unbranched alkanes of at least 4 members (excludes halogenated alkanes) is 3. The first kappa shape index (κ1) is 18.1. The normalized spacial score (nSPS) is 11.5. The molecule has 1 rings (SSSR count). The summed E-state index contributed by atoms with van der Waals surface area (Å²) in [6.07, 6.45) is 6.29. The van der Waals surface area contributed by atoms with E-state index in [9.17, 15) is 8.42 Å². The van der Waals surface area contributed by atoms with E-state index in [0.717, 1.165) is 25.0 Å². The van der Waals surface area contributed by atoms with Crippen LogP contribution in [0.3, 0.4) is 0 Å². The van der Waals surface area contributed by atoms with Gasteiger partial charge in [0.25, 0.3) is 0 Å². The maximum absolute atomic E-state index is 12.1. The molecule has 0 aliphatic carbocycles. The van der Waals surface area contributed by atoms with Gasteiger partial charge in [-0.3, -0.25) is 0 Å². The second-order valence-corrected chi connectivity index (χ2v) is 7.46. The van der Waals surface area contributed by atoms with Gasteiger partial charge in [-0.15, -0.1) is 0 Å². The van der Waals surface area contributed by atoms with Crippen LogP contribution in [-0.4, -0.2) is 34.1 Å². The Morgan fingerprint density at radius 2 is 1.95 bits per heavy atom. The lowest BCUT2D eigenvalue weighted by Gasteiger charge is -2.09. The average molecular weight is 332 g/mol. The molecule has 5 nitrogen and oxygen atoms in total. The summed E-state index contributed by atoms with van der Waals surface area (Å²) in [5.74, 6) is 1.64. The van der Waals surface area contributed by atoms with Gasteiger partial charge in [-0.2, -0.15) is 11.8 Å². The van der Waals surface area contributed by atoms with Crippen molar-refractivity contribution in [1.82, 2.24) is 4.72 Å². The third kappa shape index (κ3) is 6.15. The molecule has 0 radical (unpaired) electrons. The summed E-state index contributed by atoms with van der Waals surface area (Å²) in [7, 11) is -2.00. The molecule has 0 saturated carbocycles. The number of rotatable bonds is 10. The number of nitrogen functional groups attached to an aromatic ring is 1. The molecule has 7 heteroatoms. The minimum Gasteiger partial charge on any atom is -0.495 e. The van der Waals surface area contributed by atoms with E-state index in [1.165, 1.54) is 25.7 Å². The molecule has 0 unspecified atom stereocenters. The predicted molar refractivity (Wildman–Crippen MR) is 89.4 cm³/mol. The number of nitrogens with one attached hydrogen (secondary N) is 1. The molecule has 0 amide bonds. The van der Waals surface area contributed by atoms with Gasteiger partial charge in [-0.05, 0) is 43.0 Å². The monoisotopic (exact) mass is 332 g/mol. The standard InChI is InChI=1S/C14H24N2O3S2/c1-19-14-8-7-12(11-13(14)15)21(17,18)16-9-5-3-4-6-10-20-2/h7-8,11,16H,3-6,9-10,15H2,1-2H3. The van der Waals surface area contributed by atoms with E-state index in [2.05, 4.69) is 11.0 Å². The Morgan fingerprint density at radius 1 is 1.24 bits per heavy atom. The van der Waals surface area contributed by atoms with Crippen LogP contribution in [0.1, 0.15) is 25.7 Å². The van der Waals surface area contributed by atoms with Crippen LogP contribution in [0.2, 0.25) is 0 Å². The van der Waals surface area contributed by atoms with Crippen LogP contribution in [-0.2, 0) is 10.0 Å². The summed E-state index contributed by atoms with van der Waals surface area (Å²) in [6.45, 7) is 0.452. The topological polar surface area (TPSA) is 81.4 Å². The number of benzene rings is 1. The Kier molecular flexibility index (Phi) is 7.92. The molecule has 0 bridgehead atoms. The van der Waals surface area contributed by atoms with Gasteiger partial charge in [-0.1, -0.05) is 12.8 Å². The molecule has 0 atom stereocenters. The lowest BCUT2D eigenvalue weighted by atomic mass is 10.2. The van der Waals surface area contributed by atoms with Crippen molar-refractivity contribution in [3.63, 3.8) is 0 Å². The number of anilines is 1. The third-order valence-corrected chi connectivity index (χ3v) is 5.23. The van der Waals surface area contributed by atoms with Crippen molar-refractivity contribution in [2.45, 2.75) is 30.6 Å². The molecule has 0 fully saturated rings. The lowest BCUT2D eigenvalue weighted by molar-refractivity contribution is 0.416. The highest BCUT2D eigenvalue weighted by atomic mass is 32.2. The highest BCUT2D eigenvalue weighted by molar-refractivity contribution is 7.98. The molecule has 1 aromatic rings. The summed E-state index contributed by atoms with van der Waals surface area (Å²) >= 11 is 1.84. The Labute approximate surface area is 131 Å². The van der Waals surface area contributed by atoms with Gasteiger partial charge in [0.05, 0.1) is 17.7 Å². The Balaban J connectivity index is 2.45. The number of hydrogen-bond donors (Lipinski definition) is 2. The number of methoxy groups -OCH3 is 1. The first-order valence-electron chi connectivity index (χ1n) is 6.93. The number of nitrogens with two attached hydrogens (primary N) is 1. The fraction of sp³-hybridized carbons (Fsp3) is 0.571. The van der Waals surface area contributed by atoms with Crippen LogP contribution in [0.25, 0.3) is 0 Å². The van der Waals surface area contributed by atoms with Crippen LogP contribution in [0.15, 0.2) is 23.1 Å². The van der Waals surface area contributed by atoms with E-state index in [4.69, 9.17) is 10.5 Å². The minimum atomic E-state index is -3.49. The lowest BCUT2D eigenvalue weighted by Crippen LogP contribution is -2.24. The zero-order valence-corrected chi connectivity index (χ0v) is 14.2. The number of ether oxygens (including phenoxy) is 1. The van der Waals surface area contributed by atoms with Crippen LogP contribution >= 0.6 is 11.8 Å². The highest BCUT2D eigenvalue weighted by Crippen LogP contribution is 2.24. The predicted octanol–water partition coefficient (Wildman–Crippen LogP) is 2.48. The van der Waals surface area contributed by atoms with Gasteiger partial charge in [0.2, 0.25) is 10.0 Å². The van der Waals surface area contributed by atoms with Gasteiger partial charge in [0.1, 0.15) is 5.75 Å². The van der Waals surface area contributed by atoms with Gasteiger partial charge in [-0.25, -0.2) is 13.1 Å². The molecule has 0 aliphatic heterocycles. The number of hydrogen-bond acceptors (Lipinski definition) is 5. The van der Waals surface area contributed by atoms with Crippen LogP contribution in [0.5, 0.6) is 5.75 Å². The smallest absolute Gasteiger partial charge is 0.240 e. The van der Waals surface area contributed by atoms with Crippen molar-refractivity contribution in [3.8, 4) is 5.75 Å². The maximum Gasteiger partial charge on any atom is 0.240 e. The molecular formula is C14H24N2O3S2. The van der Waals surface area contributed by atoms with Crippen molar-refractivity contribution in [3.05, 3.63) is 18.2 Å². The molecule has 0 heterocycles. The van der Waals surface area contributed by atoms with E-state index < -0.39 is 10.0 Å². The number of thioether (sulfide) groups is 1. The van der Waals surface area contributed by atoms with Gasteiger partial charge >= 0.3 is 0 Å². The molecule has 3 N–H and O–H groups in total. The van der Waals surface area contributed by atoms with E-state index >= 15 is 0 Å². The Hall–Kier alpha value is -0.920. The van der Waals surface area contributed by atoms with E-state index in [1.807, 2.05) is 11.8 Å². The first-order chi connectivity index (χ1) is 10.0. The summed E-state index contributed by atoms with van der Waals surface area (Å²) < 4.78 is 31.8. The molecule has 21 heavy (non-hydrogen) atoms. The van der Waals surface area contributed by atoms with Gasteiger partial charge in [0.15, 0.2) is 0 Å². The van der Waals surface area contributed by atoms with E-state index in [-0.39, 0.29) is 4.90 Å². The number of sulfonamides is 1. The molecule has 1 aromatic carbocycles. The molecule has 0 aliphatic rings. The van der Waals surface area contributed by atoms with Crippen molar-refractivity contribution >= 4 is 27.5 Å². The van der Waals surface area contributed by atoms with Gasteiger partial charge < -0.3 is 10.5 Å². The van der Waals surface area contributed by atoms with Crippen LogP contribution in [0.4, 0.5) is 5.69 Å². The minimum absolute atomic E-state index is 0.170. The van der Waals surface area contributed by atoms with E-state index in [1.54, 1.807) is 6.07 Å². The Bertz CT molecular complexity index is 533. The summed E-state index contributed by atoms with van der Waals surface area (Å²) in [5, 5.41) is 0. The third-order valence-electron chi connectivity index (χ3n) is 3.08. The quantitative estimate of drug-likeness (QED) is 0.508. The van der Waals surface area contributed by atoms with E-state index in [0.29, 0.717) is 18.0 Å². The molecule has 120 valence electrons. The van der Waals surface area contributed by atoms with Gasteiger partial charge in [0, 0.05) is 6.54 Å². The molecule has 0 saturated heterocycles. The maximum atomic E-state index is 12.1. The van der Waals surface area contributed by atoms with Crippen LogP contribution < -0.4 is 15.2 Å². The SMILES string of the molecule is COc1ccc(S(=O)(=O)NCCCCCCSC)cc1N. The first-order valence-corrected chi connectivity index (χ1v) is 9.81. The fourth-order valence-electron chi connectivity index (χ4n) is 1.89. The fourth-order valence-corrected chi connectivity index (χ4v) is 3.50. The Morgan fingerprint density at radius 3 is 2.57 bits per heavy atom. The highest BCUT2D eigenvalue weighted by Gasteiger charge is 2.14. The zero-order valence-electron chi connectivity index (χ0n) is 12.6. The summed E-state index contributed by atoms with van der Waals surface area (Å²) in [4.78, 5) is 0.170. The largest absolute Gasteiger partial charge is 0.495 e. The summed E-state index contributed by atoms with van der Waals surface area (Å²) in [5.41, 5.74) is 6.05. The van der Waals surface area contributed by atoms with Crippen molar-refractivity contribution < 1.29 is 13.2 Å². The average Bonchev–Trinajstić information content (AvgIpc) is 2.46.